The molecule has 0 unspecified atom stereocenters. The Morgan fingerprint density at radius 2 is 1.59 bits per heavy atom. The van der Waals surface area contributed by atoms with Crippen molar-refractivity contribution in [3.8, 4) is 0 Å². The maximum absolute atomic E-state index is 14.2. The van der Waals surface area contributed by atoms with Crippen LogP contribution in [0.5, 0.6) is 0 Å². The van der Waals surface area contributed by atoms with Crippen LogP contribution in [0.1, 0.15) is 32.7 Å². The fourth-order valence-electron chi connectivity index (χ4n) is 4.99. The van der Waals surface area contributed by atoms with Crippen LogP contribution in [0.2, 0.25) is 0 Å². The highest BCUT2D eigenvalue weighted by atomic mass is 32.2. The van der Waals surface area contributed by atoms with Crippen LogP contribution in [0.4, 0.5) is 5.69 Å². The maximum atomic E-state index is 14.2. The summed E-state index contributed by atoms with van der Waals surface area (Å²) < 4.78 is 29.8. The van der Waals surface area contributed by atoms with Crippen molar-refractivity contribution in [3.05, 3.63) is 129 Å². The maximum Gasteiger partial charge on any atom is 0.243 e. The molecule has 0 radical (unpaired) electrons. The number of nitrogens with zero attached hydrogens (tertiary/aromatic N) is 4. The number of benzene rings is 3. The van der Waals surface area contributed by atoms with Crippen LogP contribution in [-0.4, -0.2) is 36.3 Å². The second kappa shape index (κ2) is 10.9. The van der Waals surface area contributed by atoms with Crippen molar-refractivity contribution < 1.29 is 8.42 Å². The zero-order valence-electron chi connectivity index (χ0n) is 21.2. The van der Waals surface area contributed by atoms with Crippen molar-refractivity contribution in [1.82, 2.24) is 14.3 Å². The lowest BCUT2D eigenvalue weighted by molar-refractivity contribution is 0.418. The Bertz CT molecular complexity index is 1650. The van der Waals surface area contributed by atoms with Gasteiger partial charge in [-0.05, 0) is 41.0 Å². The van der Waals surface area contributed by atoms with Crippen LogP contribution in [0, 0.1) is 0 Å². The lowest BCUT2D eigenvalue weighted by Gasteiger charge is -2.28. The molecule has 0 saturated heterocycles. The fraction of sp³-hybridized carbons (Fsp3) is 0.133. The number of hydrogen-bond acceptors (Lipinski definition) is 7. The van der Waals surface area contributed by atoms with E-state index >= 15 is 0 Å². The van der Waals surface area contributed by atoms with Gasteiger partial charge in [-0.3, -0.25) is 0 Å². The third kappa shape index (κ3) is 5.18. The first-order valence-corrected chi connectivity index (χ1v) is 15.7. The standard InChI is InChI=1S/C30H26N4O2S3/c1-33(30(22-8-4-2-5-9-22)23-10-6-3-7-11-23)39(35,36)25-12-13-27-26(19-25)24(18-28-31-14-16-37-28)20-34(27)21-29-32-15-17-38-29/h2-19,30H,20-21H2,1H3/b24-18-. The van der Waals surface area contributed by atoms with E-state index < -0.39 is 16.1 Å². The minimum Gasteiger partial charge on any atom is -0.360 e. The molecule has 0 N–H and O–H groups in total. The highest BCUT2D eigenvalue weighted by Gasteiger charge is 2.33. The van der Waals surface area contributed by atoms with Gasteiger partial charge in [-0.25, -0.2) is 18.4 Å². The van der Waals surface area contributed by atoms with E-state index in [0.29, 0.717) is 13.1 Å². The lowest BCUT2D eigenvalue weighted by Crippen LogP contribution is -2.32. The smallest absolute Gasteiger partial charge is 0.243 e. The lowest BCUT2D eigenvalue weighted by atomic mass is 9.99. The molecule has 1 aliphatic heterocycles. The number of anilines is 1. The van der Waals surface area contributed by atoms with Crippen LogP contribution in [0.25, 0.3) is 11.6 Å². The van der Waals surface area contributed by atoms with Crippen LogP contribution >= 0.6 is 22.7 Å². The summed E-state index contributed by atoms with van der Waals surface area (Å²) in [7, 11) is -2.18. The summed E-state index contributed by atoms with van der Waals surface area (Å²) in [6, 6.07) is 24.5. The van der Waals surface area contributed by atoms with Crippen molar-refractivity contribution in [3.63, 3.8) is 0 Å². The number of hydrogen-bond donors (Lipinski definition) is 0. The van der Waals surface area contributed by atoms with Crippen LogP contribution in [0.3, 0.4) is 0 Å². The van der Waals surface area contributed by atoms with E-state index in [0.717, 1.165) is 38.0 Å². The van der Waals surface area contributed by atoms with Crippen LogP contribution < -0.4 is 4.90 Å². The molecule has 0 bridgehead atoms. The van der Waals surface area contributed by atoms with Gasteiger partial charge in [0.1, 0.15) is 10.0 Å². The number of rotatable bonds is 8. The molecule has 0 fully saturated rings. The normalized spacial score (nSPS) is 14.4. The van der Waals surface area contributed by atoms with Gasteiger partial charge in [0.05, 0.1) is 17.5 Å². The Balaban J connectivity index is 1.41. The average molecular weight is 571 g/mol. The van der Waals surface area contributed by atoms with Gasteiger partial charge in [-0.2, -0.15) is 4.31 Å². The third-order valence-electron chi connectivity index (χ3n) is 6.85. The molecule has 3 aromatic carbocycles. The van der Waals surface area contributed by atoms with E-state index in [-0.39, 0.29) is 4.90 Å². The average Bonchev–Trinajstić information content (AvgIpc) is 3.73. The van der Waals surface area contributed by atoms with Gasteiger partial charge in [0.2, 0.25) is 10.0 Å². The predicted octanol–water partition coefficient (Wildman–Crippen LogP) is 6.57. The molecule has 0 atom stereocenters. The SMILES string of the molecule is CN(C(c1ccccc1)c1ccccc1)S(=O)(=O)c1ccc2c(c1)/C(=C\c1nccs1)CN2Cc1nccs1. The minimum absolute atomic E-state index is 0.266. The summed E-state index contributed by atoms with van der Waals surface area (Å²) >= 11 is 3.18. The number of thiazole rings is 2. The number of aromatic nitrogens is 2. The first-order chi connectivity index (χ1) is 19.0. The highest BCUT2D eigenvalue weighted by molar-refractivity contribution is 7.89. The summed E-state index contributed by atoms with van der Waals surface area (Å²) in [5.41, 5.74) is 4.77. The first kappa shape index (κ1) is 25.6. The van der Waals surface area contributed by atoms with E-state index in [1.165, 1.54) is 4.31 Å². The Morgan fingerprint density at radius 1 is 0.923 bits per heavy atom. The van der Waals surface area contributed by atoms with Crippen molar-refractivity contribution in [2.45, 2.75) is 17.5 Å². The molecular weight excluding hydrogens is 545 g/mol. The van der Waals surface area contributed by atoms with Gasteiger partial charge >= 0.3 is 0 Å². The van der Waals surface area contributed by atoms with Gasteiger partial charge in [-0.15, -0.1) is 22.7 Å². The van der Waals surface area contributed by atoms with E-state index in [9.17, 15) is 8.42 Å². The highest BCUT2D eigenvalue weighted by Crippen LogP contribution is 2.41. The molecule has 5 aromatic rings. The summed E-state index contributed by atoms with van der Waals surface area (Å²) in [5, 5.41) is 5.82. The Kier molecular flexibility index (Phi) is 7.14. The van der Waals surface area contributed by atoms with Gasteiger partial charge < -0.3 is 4.90 Å². The Hall–Kier alpha value is -3.63. The van der Waals surface area contributed by atoms with Crippen LogP contribution in [-0.2, 0) is 16.6 Å². The minimum atomic E-state index is -3.84. The summed E-state index contributed by atoms with van der Waals surface area (Å²) in [4.78, 5) is 11.4. The molecular formula is C30H26N4O2S3. The second-order valence-corrected chi connectivity index (χ2v) is 13.1. The third-order valence-corrected chi connectivity index (χ3v) is 10.2. The molecule has 0 spiro atoms. The Morgan fingerprint density at radius 3 is 2.21 bits per heavy atom. The quantitative estimate of drug-likeness (QED) is 0.211. The fourth-order valence-corrected chi connectivity index (χ4v) is 7.57. The summed E-state index contributed by atoms with van der Waals surface area (Å²) in [5.74, 6) is 0. The Labute approximate surface area is 236 Å². The zero-order chi connectivity index (χ0) is 26.8. The summed E-state index contributed by atoms with van der Waals surface area (Å²) in [6.45, 7) is 1.32. The zero-order valence-corrected chi connectivity index (χ0v) is 23.7. The van der Waals surface area contributed by atoms with E-state index in [1.807, 2.05) is 89.8 Å². The largest absolute Gasteiger partial charge is 0.360 e. The van der Waals surface area contributed by atoms with Crippen LogP contribution in [0.15, 0.2) is 107 Å². The van der Waals surface area contributed by atoms with Gasteiger partial charge in [0, 0.05) is 48.0 Å². The molecule has 6 nitrogen and oxygen atoms in total. The van der Waals surface area contributed by atoms with E-state index in [2.05, 4.69) is 20.9 Å². The van der Waals surface area contributed by atoms with Crippen molar-refractivity contribution in [1.29, 1.82) is 0 Å². The molecule has 0 saturated carbocycles. The number of sulfonamides is 1. The molecule has 3 heterocycles. The van der Waals surface area contributed by atoms with E-state index in [4.69, 9.17) is 0 Å². The molecule has 196 valence electrons. The number of fused-ring (bicyclic) bond motifs is 1. The molecule has 39 heavy (non-hydrogen) atoms. The van der Waals surface area contributed by atoms with Crippen molar-refractivity contribution >= 4 is 50.0 Å². The monoisotopic (exact) mass is 570 g/mol. The molecule has 2 aromatic heterocycles. The summed E-state index contributed by atoms with van der Waals surface area (Å²) in [6.07, 6.45) is 5.65. The van der Waals surface area contributed by atoms with Crippen molar-refractivity contribution in [2.24, 2.45) is 0 Å². The topological polar surface area (TPSA) is 66.4 Å². The van der Waals surface area contributed by atoms with Gasteiger partial charge in [-0.1, -0.05) is 60.7 Å². The molecule has 0 amide bonds. The molecule has 1 aliphatic rings. The first-order valence-electron chi connectivity index (χ1n) is 12.5. The van der Waals surface area contributed by atoms with Crippen molar-refractivity contribution in [2.75, 3.05) is 18.5 Å². The molecule has 9 heteroatoms. The predicted molar refractivity (Wildman–Crippen MR) is 159 cm³/mol. The van der Waals surface area contributed by atoms with E-state index in [1.54, 1.807) is 42.0 Å². The van der Waals surface area contributed by atoms with Gasteiger partial charge in [0.25, 0.3) is 0 Å². The molecule has 6 rings (SSSR count). The van der Waals surface area contributed by atoms with Gasteiger partial charge in [0.15, 0.2) is 0 Å². The second-order valence-electron chi connectivity index (χ2n) is 9.25. The molecule has 0 aliphatic carbocycles.